The lowest BCUT2D eigenvalue weighted by Crippen LogP contribution is -2.31. The maximum absolute atomic E-state index is 12.2. The molecule has 0 spiro atoms. The van der Waals surface area contributed by atoms with Gasteiger partial charge in [-0.15, -0.1) is 0 Å². The van der Waals surface area contributed by atoms with Crippen LogP contribution in [0.5, 0.6) is 11.5 Å². The molecule has 0 radical (unpaired) electrons. The summed E-state index contributed by atoms with van der Waals surface area (Å²) in [6.45, 7) is 0.367. The summed E-state index contributed by atoms with van der Waals surface area (Å²) in [5.41, 5.74) is 2.86. The first-order valence-electron chi connectivity index (χ1n) is 8.97. The molecule has 6 heteroatoms. The molecule has 0 bridgehead atoms. The molecule has 0 saturated heterocycles. The molecule has 0 fully saturated rings. The largest absolute Gasteiger partial charge is 0.497 e. The lowest BCUT2D eigenvalue weighted by atomic mass is 9.89. The molecule has 1 atom stereocenters. The number of carbonyl (C=O) groups is 2. The summed E-state index contributed by atoms with van der Waals surface area (Å²) in [6.07, 6.45) is 1.49. The molecule has 1 aliphatic rings. The number of benzene rings is 2. The van der Waals surface area contributed by atoms with Crippen LogP contribution in [-0.4, -0.2) is 26.0 Å². The topological polar surface area (TPSA) is 76.7 Å². The average Bonchev–Trinajstić information content (AvgIpc) is 2.70. The number of fused-ring (bicyclic) bond motifs is 1. The van der Waals surface area contributed by atoms with E-state index in [0.29, 0.717) is 37.3 Å². The van der Waals surface area contributed by atoms with Crippen LogP contribution in [0.25, 0.3) is 0 Å². The summed E-state index contributed by atoms with van der Waals surface area (Å²) in [5, 5.41) is 5.81. The molecule has 142 valence electrons. The number of ether oxygens (including phenoxy) is 2. The molecule has 2 aromatic carbocycles. The van der Waals surface area contributed by atoms with Crippen molar-refractivity contribution in [3.8, 4) is 11.5 Å². The molecular weight excluding hydrogens is 344 g/mol. The van der Waals surface area contributed by atoms with Crippen molar-refractivity contribution in [3.63, 3.8) is 0 Å². The summed E-state index contributed by atoms with van der Waals surface area (Å²) in [5.74, 6) is 1.09. The van der Waals surface area contributed by atoms with Gasteiger partial charge in [0.1, 0.15) is 11.5 Å². The van der Waals surface area contributed by atoms with Crippen LogP contribution in [0, 0.1) is 5.92 Å². The van der Waals surface area contributed by atoms with E-state index in [1.165, 1.54) is 0 Å². The number of para-hydroxylation sites is 1. The van der Waals surface area contributed by atoms with Crippen LogP contribution in [-0.2, 0) is 22.6 Å². The highest BCUT2D eigenvalue weighted by Crippen LogP contribution is 2.28. The normalized spacial score (nSPS) is 15.5. The van der Waals surface area contributed by atoms with Crippen LogP contribution >= 0.6 is 0 Å². The minimum absolute atomic E-state index is 0.0154. The molecule has 0 aliphatic carbocycles. The second-order valence-corrected chi connectivity index (χ2v) is 6.54. The summed E-state index contributed by atoms with van der Waals surface area (Å²) in [6, 6.07) is 13.3. The van der Waals surface area contributed by atoms with Gasteiger partial charge in [-0.1, -0.05) is 18.2 Å². The fourth-order valence-electron chi connectivity index (χ4n) is 3.23. The molecule has 1 unspecified atom stereocenters. The highest BCUT2D eigenvalue weighted by atomic mass is 16.5. The number of hydrogen-bond donors (Lipinski definition) is 2. The van der Waals surface area contributed by atoms with Crippen molar-refractivity contribution in [2.75, 3.05) is 19.5 Å². The van der Waals surface area contributed by atoms with Gasteiger partial charge >= 0.3 is 0 Å². The number of methoxy groups -OCH3 is 2. The van der Waals surface area contributed by atoms with Gasteiger partial charge in [0.2, 0.25) is 11.8 Å². The molecule has 2 aromatic rings. The summed E-state index contributed by atoms with van der Waals surface area (Å²) in [7, 11) is 3.18. The van der Waals surface area contributed by atoms with Gasteiger partial charge in [-0.05, 0) is 36.6 Å². The molecule has 0 saturated carbocycles. The number of rotatable bonds is 7. The molecular formula is C21H24N2O4. The lowest BCUT2D eigenvalue weighted by Gasteiger charge is -2.24. The van der Waals surface area contributed by atoms with Crippen molar-refractivity contribution in [2.45, 2.75) is 25.8 Å². The van der Waals surface area contributed by atoms with Crippen molar-refractivity contribution >= 4 is 17.5 Å². The van der Waals surface area contributed by atoms with Gasteiger partial charge < -0.3 is 20.1 Å². The Kier molecular flexibility index (Phi) is 5.96. The molecule has 2 N–H and O–H groups in total. The second-order valence-electron chi connectivity index (χ2n) is 6.54. The highest BCUT2D eigenvalue weighted by molar-refractivity contribution is 5.96. The van der Waals surface area contributed by atoms with Gasteiger partial charge in [0.05, 0.1) is 14.2 Å². The van der Waals surface area contributed by atoms with Crippen LogP contribution in [0.1, 0.15) is 24.0 Å². The summed E-state index contributed by atoms with van der Waals surface area (Å²) >= 11 is 0. The third-order valence-corrected chi connectivity index (χ3v) is 4.80. The van der Waals surface area contributed by atoms with Crippen molar-refractivity contribution in [1.29, 1.82) is 0 Å². The molecule has 6 nitrogen and oxygen atoms in total. The van der Waals surface area contributed by atoms with E-state index in [1.807, 2.05) is 36.4 Å². The van der Waals surface area contributed by atoms with Crippen molar-refractivity contribution in [2.24, 2.45) is 5.92 Å². The van der Waals surface area contributed by atoms with E-state index in [1.54, 1.807) is 20.3 Å². The monoisotopic (exact) mass is 368 g/mol. The maximum Gasteiger partial charge on any atom is 0.227 e. The first-order valence-corrected chi connectivity index (χ1v) is 8.97. The number of amides is 2. The van der Waals surface area contributed by atoms with E-state index >= 15 is 0 Å². The standard InChI is InChI=1S/C21H24N2O4/c1-26-17-9-7-16(19(12-17)27-2)13-22-20(24)10-8-15-11-14-5-3-4-6-18(14)23-21(15)25/h3-7,9,12,15H,8,10-11,13H2,1-2H3,(H,22,24)(H,23,25). The number of nitrogens with one attached hydrogen (secondary N) is 2. The first kappa shape index (κ1) is 18.8. The summed E-state index contributed by atoms with van der Waals surface area (Å²) < 4.78 is 10.5. The van der Waals surface area contributed by atoms with Crippen LogP contribution in [0.3, 0.4) is 0 Å². The van der Waals surface area contributed by atoms with Crippen LogP contribution < -0.4 is 20.1 Å². The Labute approximate surface area is 158 Å². The van der Waals surface area contributed by atoms with Crippen molar-refractivity contribution < 1.29 is 19.1 Å². The van der Waals surface area contributed by atoms with E-state index in [0.717, 1.165) is 16.8 Å². The Morgan fingerprint density at radius 2 is 2.00 bits per heavy atom. The quantitative estimate of drug-likeness (QED) is 0.788. The Bertz CT molecular complexity index is 835. The van der Waals surface area contributed by atoms with Gasteiger partial charge in [-0.3, -0.25) is 9.59 Å². The van der Waals surface area contributed by atoms with E-state index < -0.39 is 0 Å². The first-order chi connectivity index (χ1) is 13.1. The molecule has 1 heterocycles. The number of carbonyl (C=O) groups excluding carboxylic acids is 2. The molecule has 27 heavy (non-hydrogen) atoms. The Morgan fingerprint density at radius 3 is 2.78 bits per heavy atom. The third kappa shape index (κ3) is 4.58. The fraction of sp³-hybridized carbons (Fsp3) is 0.333. The number of anilines is 1. The van der Waals surface area contributed by atoms with Crippen LogP contribution in [0.2, 0.25) is 0 Å². The van der Waals surface area contributed by atoms with Crippen LogP contribution in [0.4, 0.5) is 5.69 Å². The van der Waals surface area contributed by atoms with Gasteiger partial charge in [0.15, 0.2) is 0 Å². The Morgan fingerprint density at radius 1 is 1.19 bits per heavy atom. The van der Waals surface area contributed by atoms with Crippen molar-refractivity contribution in [3.05, 3.63) is 53.6 Å². The Hall–Kier alpha value is -3.02. The van der Waals surface area contributed by atoms with Gasteiger partial charge in [0.25, 0.3) is 0 Å². The average molecular weight is 368 g/mol. The smallest absolute Gasteiger partial charge is 0.227 e. The molecule has 0 aromatic heterocycles. The predicted molar refractivity (Wildman–Crippen MR) is 103 cm³/mol. The molecule has 3 rings (SSSR count). The van der Waals surface area contributed by atoms with Gasteiger partial charge in [-0.25, -0.2) is 0 Å². The van der Waals surface area contributed by atoms with Crippen molar-refractivity contribution in [1.82, 2.24) is 5.32 Å². The SMILES string of the molecule is COc1ccc(CNC(=O)CCC2Cc3ccccc3NC2=O)c(OC)c1. The number of hydrogen-bond acceptors (Lipinski definition) is 4. The fourth-order valence-corrected chi connectivity index (χ4v) is 3.23. The minimum atomic E-state index is -0.179. The zero-order chi connectivity index (χ0) is 19.2. The van der Waals surface area contributed by atoms with Crippen LogP contribution in [0.15, 0.2) is 42.5 Å². The highest BCUT2D eigenvalue weighted by Gasteiger charge is 2.26. The molecule has 1 aliphatic heterocycles. The Balaban J connectivity index is 1.51. The minimum Gasteiger partial charge on any atom is -0.497 e. The predicted octanol–water partition coefficient (Wildman–Crippen LogP) is 2.91. The lowest BCUT2D eigenvalue weighted by molar-refractivity contribution is -0.122. The van der Waals surface area contributed by atoms with E-state index in [4.69, 9.17) is 9.47 Å². The maximum atomic E-state index is 12.2. The zero-order valence-electron chi connectivity index (χ0n) is 15.6. The second kappa shape index (κ2) is 8.58. The van der Waals surface area contributed by atoms with E-state index in [2.05, 4.69) is 10.6 Å². The third-order valence-electron chi connectivity index (χ3n) is 4.80. The zero-order valence-corrected chi connectivity index (χ0v) is 15.6. The van der Waals surface area contributed by atoms with Gasteiger partial charge in [-0.2, -0.15) is 0 Å². The molecule has 2 amide bonds. The van der Waals surface area contributed by atoms with Gasteiger partial charge in [0, 0.05) is 36.2 Å². The van der Waals surface area contributed by atoms with E-state index in [-0.39, 0.29) is 17.7 Å². The van der Waals surface area contributed by atoms with E-state index in [9.17, 15) is 9.59 Å². The summed E-state index contributed by atoms with van der Waals surface area (Å²) in [4.78, 5) is 24.4.